The lowest BCUT2D eigenvalue weighted by Crippen LogP contribution is -2.03. The van der Waals surface area contributed by atoms with Crippen molar-refractivity contribution in [2.24, 2.45) is 0 Å². The lowest BCUT2D eigenvalue weighted by Gasteiger charge is -2.09. The first-order chi connectivity index (χ1) is 13.2. The van der Waals surface area contributed by atoms with E-state index in [4.69, 9.17) is 9.47 Å². The first kappa shape index (κ1) is 16.7. The maximum Gasteiger partial charge on any atom is 0.283 e. The van der Waals surface area contributed by atoms with Gasteiger partial charge in [-0.3, -0.25) is 4.79 Å². The molecule has 2 aromatic carbocycles. The van der Waals surface area contributed by atoms with Crippen LogP contribution in [0.3, 0.4) is 0 Å². The Labute approximate surface area is 155 Å². The first-order valence-electron chi connectivity index (χ1n) is 8.46. The third-order valence-electron chi connectivity index (χ3n) is 3.85. The van der Waals surface area contributed by atoms with E-state index in [1.807, 2.05) is 31.2 Å². The van der Waals surface area contributed by atoms with Gasteiger partial charge in [-0.25, -0.2) is 15.0 Å². The van der Waals surface area contributed by atoms with Crippen molar-refractivity contribution in [2.75, 3.05) is 6.61 Å². The number of fused-ring (bicyclic) bond motifs is 1. The fraction of sp³-hybridized carbons (Fsp3) is 0.100. The molecule has 1 N–H and O–H groups in total. The summed E-state index contributed by atoms with van der Waals surface area (Å²) in [7, 11) is 0. The number of hydrogen-bond acceptors (Lipinski definition) is 6. The summed E-state index contributed by atoms with van der Waals surface area (Å²) in [6.45, 7) is 2.32. The van der Waals surface area contributed by atoms with Gasteiger partial charge < -0.3 is 14.5 Å². The Bertz CT molecular complexity index is 1060. The molecule has 0 aliphatic heterocycles. The summed E-state index contributed by atoms with van der Waals surface area (Å²) in [5.74, 6) is 1.24. The van der Waals surface area contributed by atoms with Crippen molar-refractivity contribution >= 4 is 16.8 Å². The average Bonchev–Trinajstić information content (AvgIpc) is 3.14. The molecule has 4 aromatic rings. The molecule has 134 valence electrons. The van der Waals surface area contributed by atoms with Crippen LogP contribution in [-0.4, -0.2) is 32.3 Å². The van der Waals surface area contributed by atoms with Crippen molar-refractivity contribution < 1.29 is 14.3 Å². The molecule has 0 fully saturated rings. The standard InChI is InChI=1S/C20H16N4O3/c1-2-26-19-20(22-12-11-21-19)27-14-9-7-13(8-10-14)17(25)18-23-15-5-3-4-6-16(15)24-18/h3-12H,2H2,1H3,(H,23,24). The van der Waals surface area contributed by atoms with Crippen molar-refractivity contribution in [1.82, 2.24) is 19.9 Å². The van der Waals surface area contributed by atoms with Gasteiger partial charge in [-0.1, -0.05) is 12.1 Å². The predicted molar refractivity (Wildman–Crippen MR) is 99.2 cm³/mol. The molecule has 0 saturated heterocycles. The largest absolute Gasteiger partial charge is 0.474 e. The van der Waals surface area contributed by atoms with Crippen molar-refractivity contribution in [2.45, 2.75) is 6.92 Å². The summed E-state index contributed by atoms with van der Waals surface area (Å²) in [4.78, 5) is 28.3. The molecule has 27 heavy (non-hydrogen) atoms. The van der Waals surface area contributed by atoms with Gasteiger partial charge in [0.15, 0.2) is 5.82 Å². The summed E-state index contributed by atoms with van der Waals surface area (Å²) < 4.78 is 11.1. The number of ether oxygens (including phenoxy) is 2. The Balaban J connectivity index is 1.54. The number of aromatic nitrogens is 4. The highest BCUT2D eigenvalue weighted by atomic mass is 16.5. The molecule has 7 nitrogen and oxygen atoms in total. The zero-order valence-electron chi connectivity index (χ0n) is 14.5. The highest BCUT2D eigenvalue weighted by molar-refractivity contribution is 6.08. The number of rotatable bonds is 6. The van der Waals surface area contributed by atoms with Gasteiger partial charge >= 0.3 is 0 Å². The van der Waals surface area contributed by atoms with Crippen molar-refractivity contribution in [1.29, 1.82) is 0 Å². The van der Waals surface area contributed by atoms with Crippen molar-refractivity contribution in [3.63, 3.8) is 0 Å². The lowest BCUT2D eigenvalue weighted by molar-refractivity contribution is 0.103. The van der Waals surface area contributed by atoms with E-state index in [0.717, 1.165) is 11.0 Å². The fourth-order valence-electron chi connectivity index (χ4n) is 2.60. The van der Waals surface area contributed by atoms with Crippen LogP contribution in [0.25, 0.3) is 11.0 Å². The molecule has 0 aliphatic rings. The number of hydrogen-bond donors (Lipinski definition) is 1. The molecule has 7 heteroatoms. The molecule has 0 aliphatic carbocycles. The molecule has 0 amide bonds. The third-order valence-corrected chi connectivity index (χ3v) is 3.85. The number of carbonyl (C=O) groups excluding carboxylic acids is 1. The Hall–Kier alpha value is -3.74. The van der Waals surface area contributed by atoms with Gasteiger partial charge in [-0.05, 0) is 43.3 Å². The molecule has 0 saturated carbocycles. The topological polar surface area (TPSA) is 90.0 Å². The molecular formula is C20H16N4O3. The molecule has 0 spiro atoms. The maximum atomic E-state index is 12.6. The Morgan fingerprint density at radius 1 is 1.00 bits per heavy atom. The van der Waals surface area contributed by atoms with Gasteiger partial charge in [0.1, 0.15) is 5.75 Å². The molecule has 2 heterocycles. The number of nitrogens with zero attached hydrogens (tertiary/aromatic N) is 3. The number of para-hydroxylation sites is 2. The van der Waals surface area contributed by atoms with Gasteiger partial charge in [-0.15, -0.1) is 0 Å². The van der Waals surface area contributed by atoms with Gasteiger partial charge in [0.05, 0.1) is 17.6 Å². The van der Waals surface area contributed by atoms with E-state index in [1.54, 1.807) is 24.3 Å². The van der Waals surface area contributed by atoms with E-state index < -0.39 is 0 Å². The fourth-order valence-corrected chi connectivity index (χ4v) is 2.60. The monoisotopic (exact) mass is 360 g/mol. The van der Waals surface area contributed by atoms with Gasteiger partial charge in [0, 0.05) is 18.0 Å². The quantitative estimate of drug-likeness (QED) is 0.526. The Morgan fingerprint density at radius 3 is 2.48 bits per heavy atom. The third kappa shape index (κ3) is 3.48. The van der Waals surface area contributed by atoms with E-state index in [9.17, 15) is 4.79 Å². The molecule has 0 unspecified atom stereocenters. The zero-order valence-corrected chi connectivity index (χ0v) is 14.5. The van der Waals surface area contributed by atoms with Crippen LogP contribution in [0.15, 0.2) is 60.9 Å². The minimum atomic E-state index is -0.188. The summed E-state index contributed by atoms with van der Waals surface area (Å²) >= 11 is 0. The van der Waals surface area contributed by atoms with Crippen molar-refractivity contribution in [3.05, 3.63) is 72.3 Å². The Kier molecular flexibility index (Phi) is 4.49. The van der Waals surface area contributed by atoms with E-state index in [2.05, 4.69) is 19.9 Å². The number of benzene rings is 2. The van der Waals surface area contributed by atoms with E-state index in [-0.39, 0.29) is 11.7 Å². The van der Waals surface area contributed by atoms with Crippen LogP contribution in [0, 0.1) is 0 Å². The number of nitrogens with one attached hydrogen (secondary N) is 1. The van der Waals surface area contributed by atoms with Gasteiger partial charge in [0.25, 0.3) is 11.8 Å². The van der Waals surface area contributed by atoms with Gasteiger partial charge in [0.2, 0.25) is 5.78 Å². The number of carbonyl (C=O) groups is 1. The van der Waals surface area contributed by atoms with E-state index in [0.29, 0.717) is 29.6 Å². The molecular weight excluding hydrogens is 344 g/mol. The van der Waals surface area contributed by atoms with Gasteiger partial charge in [-0.2, -0.15) is 0 Å². The molecule has 0 radical (unpaired) electrons. The average molecular weight is 360 g/mol. The first-order valence-corrected chi connectivity index (χ1v) is 8.46. The molecule has 0 bridgehead atoms. The van der Waals surface area contributed by atoms with Crippen LogP contribution in [0.1, 0.15) is 23.1 Å². The number of imidazole rings is 1. The number of aromatic amines is 1. The normalized spacial score (nSPS) is 10.7. The molecule has 4 rings (SSSR count). The number of H-pyrrole nitrogens is 1. The van der Waals surface area contributed by atoms with Crippen LogP contribution < -0.4 is 9.47 Å². The van der Waals surface area contributed by atoms with Crippen LogP contribution in [-0.2, 0) is 0 Å². The van der Waals surface area contributed by atoms with Crippen LogP contribution >= 0.6 is 0 Å². The highest BCUT2D eigenvalue weighted by Gasteiger charge is 2.14. The summed E-state index contributed by atoms with van der Waals surface area (Å²) in [6.07, 6.45) is 3.06. The highest BCUT2D eigenvalue weighted by Crippen LogP contribution is 2.27. The number of ketones is 1. The summed E-state index contributed by atoms with van der Waals surface area (Å²) in [6, 6.07) is 14.3. The minimum absolute atomic E-state index is 0.188. The smallest absolute Gasteiger partial charge is 0.283 e. The second-order valence-corrected chi connectivity index (χ2v) is 5.66. The second kappa shape index (κ2) is 7.25. The molecule has 0 atom stereocenters. The lowest BCUT2D eigenvalue weighted by atomic mass is 10.1. The SMILES string of the molecule is CCOc1nccnc1Oc1ccc(C(=O)c2nc3ccccc3[nH]2)cc1. The van der Waals surface area contributed by atoms with Crippen LogP contribution in [0.2, 0.25) is 0 Å². The minimum Gasteiger partial charge on any atom is -0.474 e. The zero-order chi connectivity index (χ0) is 18.6. The summed E-state index contributed by atoms with van der Waals surface area (Å²) in [5.41, 5.74) is 2.09. The van der Waals surface area contributed by atoms with Crippen LogP contribution in [0.4, 0.5) is 0 Å². The van der Waals surface area contributed by atoms with Crippen molar-refractivity contribution in [3.8, 4) is 17.5 Å². The summed E-state index contributed by atoms with van der Waals surface area (Å²) in [5, 5.41) is 0. The second-order valence-electron chi connectivity index (χ2n) is 5.66. The van der Waals surface area contributed by atoms with E-state index >= 15 is 0 Å². The maximum absolute atomic E-state index is 12.6. The predicted octanol–water partition coefficient (Wildman–Crippen LogP) is 3.77. The Morgan fingerprint density at radius 2 is 1.74 bits per heavy atom. The molecule has 2 aromatic heterocycles. The van der Waals surface area contributed by atoms with Crippen LogP contribution in [0.5, 0.6) is 17.5 Å². The van der Waals surface area contributed by atoms with E-state index in [1.165, 1.54) is 12.4 Å².